The molecular formula is C14H18ClN3. The van der Waals surface area contributed by atoms with Crippen LogP contribution in [0.1, 0.15) is 30.5 Å². The van der Waals surface area contributed by atoms with Gasteiger partial charge in [-0.2, -0.15) is 5.10 Å². The first kappa shape index (κ1) is 13.0. The molecule has 0 spiro atoms. The van der Waals surface area contributed by atoms with Crippen molar-refractivity contribution in [1.82, 2.24) is 9.78 Å². The molecule has 1 atom stereocenters. The Morgan fingerprint density at radius 3 is 2.56 bits per heavy atom. The Bertz CT molecular complexity index is 519. The van der Waals surface area contributed by atoms with Gasteiger partial charge < -0.3 is 5.73 Å². The number of rotatable bonds is 4. The first-order valence-electron chi connectivity index (χ1n) is 6.13. The lowest BCUT2D eigenvalue weighted by Gasteiger charge is -2.12. The third-order valence-electron chi connectivity index (χ3n) is 3.23. The molecule has 0 bridgehead atoms. The molecule has 2 rings (SSSR count). The summed E-state index contributed by atoms with van der Waals surface area (Å²) in [6.45, 7) is 4.87. The number of hydrogen-bond acceptors (Lipinski definition) is 2. The van der Waals surface area contributed by atoms with Crippen molar-refractivity contribution in [1.29, 1.82) is 0 Å². The lowest BCUT2D eigenvalue weighted by molar-refractivity contribution is 0.536. The molecule has 0 aliphatic heterocycles. The quantitative estimate of drug-likeness (QED) is 0.916. The van der Waals surface area contributed by atoms with E-state index in [0.717, 1.165) is 18.7 Å². The maximum atomic E-state index is 6.02. The van der Waals surface area contributed by atoms with E-state index in [-0.39, 0.29) is 0 Å². The van der Waals surface area contributed by atoms with Gasteiger partial charge in [0.15, 0.2) is 0 Å². The number of aryl methyl sites for hydroxylation is 2. The Labute approximate surface area is 113 Å². The van der Waals surface area contributed by atoms with Gasteiger partial charge in [0.05, 0.1) is 5.69 Å². The van der Waals surface area contributed by atoms with Crippen molar-refractivity contribution in [3.8, 4) is 0 Å². The third-order valence-corrected chi connectivity index (χ3v) is 3.70. The van der Waals surface area contributed by atoms with Crippen LogP contribution >= 0.6 is 11.6 Å². The van der Waals surface area contributed by atoms with E-state index in [2.05, 4.69) is 36.3 Å². The summed E-state index contributed by atoms with van der Waals surface area (Å²) in [6.07, 6.45) is 0.992. The van der Waals surface area contributed by atoms with Crippen molar-refractivity contribution in [3.05, 3.63) is 46.6 Å². The van der Waals surface area contributed by atoms with Crippen LogP contribution in [0.15, 0.2) is 30.3 Å². The Balaban J connectivity index is 2.02. The molecule has 0 aliphatic rings. The van der Waals surface area contributed by atoms with Crippen molar-refractivity contribution >= 4 is 17.4 Å². The molecule has 1 heterocycles. The number of hydrogen-bond donors (Lipinski definition) is 1. The van der Waals surface area contributed by atoms with Crippen LogP contribution in [-0.2, 0) is 6.54 Å². The predicted molar refractivity (Wildman–Crippen MR) is 75.9 cm³/mol. The standard InChI is InChI=1S/C14H18ClN3/c1-10(12-6-4-3-5-7-12)8-9-18-14(16)13(15)11(2)17-18/h3-7,10H,8-9,16H2,1-2H3. The molecule has 0 aliphatic carbocycles. The van der Waals surface area contributed by atoms with Crippen LogP contribution in [0.2, 0.25) is 5.02 Å². The zero-order valence-electron chi connectivity index (χ0n) is 10.7. The summed E-state index contributed by atoms with van der Waals surface area (Å²) < 4.78 is 1.79. The van der Waals surface area contributed by atoms with E-state index in [0.29, 0.717) is 16.8 Å². The van der Waals surface area contributed by atoms with Crippen molar-refractivity contribution < 1.29 is 0 Å². The van der Waals surface area contributed by atoms with Gasteiger partial charge >= 0.3 is 0 Å². The Morgan fingerprint density at radius 2 is 2.00 bits per heavy atom. The zero-order chi connectivity index (χ0) is 13.1. The van der Waals surface area contributed by atoms with Crippen molar-refractivity contribution in [2.75, 3.05) is 5.73 Å². The van der Waals surface area contributed by atoms with Gasteiger partial charge in [0.2, 0.25) is 0 Å². The lowest BCUT2D eigenvalue weighted by Crippen LogP contribution is -2.07. The maximum absolute atomic E-state index is 6.02. The number of benzene rings is 1. The molecule has 2 aromatic rings. The van der Waals surface area contributed by atoms with E-state index in [4.69, 9.17) is 17.3 Å². The van der Waals surface area contributed by atoms with E-state index in [1.165, 1.54) is 5.56 Å². The summed E-state index contributed by atoms with van der Waals surface area (Å²) in [6, 6.07) is 10.5. The SMILES string of the molecule is Cc1nn(CCC(C)c2ccccc2)c(N)c1Cl. The summed E-state index contributed by atoms with van der Waals surface area (Å²) >= 11 is 6.02. The molecular weight excluding hydrogens is 246 g/mol. The highest BCUT2D eigenvalue weighted by Crippen LogP contribution is 2.24. The van der Waals surface area contributed by atoms with Crippen LogP contribution < -0.4 is 5.73 Å². The van der Waals surface area contributed by atoms with Crippen LogP contribution in [0.5, 0.6) is 0 Å². The van der Waals surface area contributed by atoms with Crippen LogP contribution in [0.25, 0.3) is 0 Å². The Morgan fingerprint density at radius 1 is 1.33 bits per heavy atom. The van der Waals surface area contributed by atoms with Gasteiger partial charge in [0.25, 0.3) is 0 Å². The molecule has 18 heavy (non-hydrogen) atoms. The fourth-order valence-corrected chi connectivity index (χ4v) is 2.15. The third kappa shape index (κ3) is 2.67. The summed E-state index contributed by atoms with van der Waals surface area (Å²) in [4.78, 5) is 0. The molecule has 1 aromatic heterocycles. The van der Waals surface area contributed by atoms with Gasteiger partial charge in [-0.3, -0.25) is 0 Å². The topological polar surface area (TPSA) is 43.8 Å². The van der Waals surface area contributed by atoms with Crippen molar-refractivity contribution in [2.45, 2.75) is 32.7 Å². The normalized spacial score (nSPS) is 12.6. The van der Waals surface area contributed by atoms with E-state index in [1.54, 1.807) is 4.68 Å². The highest BCUT2D eigenvalue weighted by Gasteiger charge is 2.11. The van der Waals surface area contributed by atoms with Crippen LogP contribution in [0.4, 0.5) is 5.82 Å². The molecule has 0 radical (unpaired) electrons. The number of aromatic nitrogens is 2. The lowest BCUT2D eigenvalue weighted by atomic mass is 9.98. The second-order valence-electron chi connectivity index (χ2n) is 4.61. The number of halogens is 1. The minimum Gasteiger partial charge on any atom is -0.383 e. The van der Waals surface area contributed by atoms with E-state index < -0.39 is 0 Å². The molecule has 0 amide bonds. The molecule has 1 aromatic carbocycles. The predicted octanol–water partition coefficient (Wildman–Crippen LogP) is 3.62. The largest absolute Gasteiger partial charge is 0.383 e. The average Bonchev–Trinajstić information content (AvgIpc) is 2.64. The second-order valence-corrected chi connectivity index (χ2v) is 4.99. The Kier molecular flexibility index (Phi) is 3.92. The Hall–Kier alpha value is -1.48. The van der Waals surface area contributed by atoms with E-state index >= 15 is 0 Å². The summed E-state index contributed by atoms with van der Waals surface area (Å²) in [5.41, 5.74) is 8.03. The van der Waals surface area contributed by atoms with Crippen LogP contribution in [-0.4, -0.2) is 9.78 Å². The summed E-state index contributed by atoms with van der Waals surface area (Å²) in [5.74, 6) is 1.04. The molecule has 96 valence electrons. The minimum absolute atomic E-state index is 0.480. The maximum Gasteiger partial charge on any atom is 0.140 e. The number of nitrogens with two attached hydrogens (primary N) is 1. The molecule has 2 N–H and O–H groups in total. The fourth-order valence-electron chi connectivity index (χ4n) is 2.01. The highest BCUT2D eigenvalue weighted by molar-refractivity contribution is 6.33. The number of nitrogens with zero attached hydrogens (tertiary/aromatic N) is 2. The average molecular weight is 264 g/mol. The van der Waals surface area contributed by atoms with Crippen molar-refractivity contribution in [2.24, 2.45) is 0 Å². The van der Waals surface area contributed by atoms with Gasteiger partial charge in [0, 0.05) is 6.54 Å². The molecule has 0 fully saturated rings. The van der Waals surface area contributed by atoms with Crippen LogP contribution in [0.3, 0.4) is 0 Å². The first-order valence-corrected chi connectivity index (χ1v) is 6.50. The molecule has 3 nitrogen and oxygen atoms in total. The van der Waals surface area contributed by atoms with E-state index in [1.807, 2.05) is 13.0 Å². The van der Waals surface area contributed by atoms with Crippen molar-refractivity contribution in [3.63, 3.8) is 0 Å². The molecule has 1 unspecified atom stereocenters. The smallest absolute Gasteiger partial charge is 0.140 e. The van der Waals surface area contributed by atoms with Crippen LogP contribution in [0, 0.1) is 6.92 Å². The van der Waals surface area contributed by atoms with Gasteiger partial charge in [-0.25, -0.2) is 4.68 Å². The molecule has 0 saturated heterocycles. The zero-order valence-corrected chi connectivity index (χ0v) is 11.5. The molecule has 4 heteroatoms. The number of nitrogen functional groups attached to an aromatic ring is 1. The number of anilines is 1. The summed E-state index contributed by atoms with van der Waals surface area (Å²) in [5, 5.41) is 4.91. The van der Waals surface area contributed by atoms with Gasteiger partial charge in [0.1, 0.15) is 10.8 Å². The monoisotopic (exact) mass is 263 g/mol. The fraction of sp³-hybridized carbons (Fsp3) is 0.357. The highest BCUT2D eigenvalue weighted by atomic mass is 35.5. The minimum atomic E-state index is 0.480. The summed E-state index contributed by atoms with van der Waals surface area (Å²) in [7, 11) is 0. The first-order chi connectivity index (χ1) is 8.59. The van der Waals surface area contributed by atoms with Gasteiger partial charge in [-0.1, -0.05) is 48.9 Å². The second kappa shape index (κ2) is 5.44. The van der Waals surface area contributed by atoms with E-state index in [9.17, 15) is 0 Å². The van der Waals surface area contributed by atoms with Gasteiger partial charge in [-0.15, -0.1) is 0 Å². The van der Waals surface area contributed by atoms with Gasteiger partial charge in [-0.05, 0) is 24.8 Å². The molecule has 0 saturated carbocycles.